The molecule has 2 rings (SSSR count). The van der Waals surface area contributed by atoms with Gasteiger partial charge in [-0.3, -0.25) is 0 Å². The van der Waals surface area contributed by atoms with Gasteiger partial charge in [0.1, 0.15) is 5.82 Å². The second-order valence-corrected chi connectivity index (χ2v) is 6.73. The fraction of sp³-hybridized carbons (Fsp3) is 0.647. The van der Waals surface area contributed by atoms with Gasteiger partial charge in [0.2, 0.25) is 0 Å². The Kier molecular flexibility index (Phi) is 4.29. The van der Waals surface area contributed by atoms with Crippen molar-refractivity contribution in [2.75, 3.05) is 0 Å². The van der Waals surface area contributed by atoms with Gasteiger partial charge in [-0.05, 0) is 44.1 Å². The van der Waals surface area contributed by atoms with E-state index in [2.05, 4.69) is 13.8 Å². The molecule has 1 aromatic rings. The van der Waals surface area contributed by atoms with Gasteiger partial charge in [0.25, 0.3) is 0 Å². The molecular weight excluding hydrogens is 237 g/mol. The predicted octanol–water partition coefficient (Wildman–Crippen LogP) is 4.52. The second kappa shape index (κ2) is 5.62. The summed E-state index contributed by atoms with van der Waals surface area (Å²) in [6.07, 6.45) is 5.38. The molecule has 2 heteroatoms. The van der Waals surface area contributed by atoms with Crippen molar-refractivity contribution in [2.24, 2.45) is 17.6 Å². The lowest BCUT2D eigenvalue weighted by atomic mass is 9.70. The summed E-state index contributed by atoms with van der Waals surface area (Å²) in [5, 5.41) is 0. The second-order valence-electron chi connectivity index (χ2n) is 6.73. The van der Waals surface area contributed by atoms with Crippen LogP contribution in [-0.2, 0) is 5.54 Å². The number of halogens is 1. The minimum absolute atomic E-state index is 0.140. The summed E-state index contributed by atoms with van der Waals surface area (Å²) in [4.78, 5) is 0. The van der Waals surface area contributed by atoms with Gasteiger partial charge in [0.15, 0.2) is 0 Å². The van der Waals surface area contributed by atoms with E-state index in [1.807, 2.05) is 19.1 Å². The number of hydrogen-bond acceptors (Lipinski definition) is 1. The van der Waals surface area contributed by atoms with E-state index in [1.165, 1.54) is 12.8 Å². The summed E-state index contributed by atoms with van der Waals surface area (Å²) in [5.41, 5.74) is 7.92. The smallest absolute Gasteiger partial charge is 0.128 e. The van der Waals surface area contributed by atoms with Crippen molar-refractivity contribution < 1.29 is 4.39 Å². The lowest BCUT2D eigenvalue weighted by molar-refractivity contribution is 0.198. The van der Waals surface area contributed by atoms with Crippen LogP contribution >= 0.6 is 0 Å². The molecule has 0 aromatic heterocycles. The topological polar surface area (TPSA) is 26.0 Å². The van der Waals surface area contributed by atoms with Crippen LogP contribution in [0.25, 0.3) is 0 Å². The van der Waals surface area contributed by atoms with Crippen molar-refractivity contribution in [3.63, 3.8) is 0 Å². The Hall–Kier alpha value is -0.890. The Morgan fingerprint density at radius 2 is 2.16 bits per heavy atom. The van der Waals surface area contributed by atoms with Gasteiger partial charge in [0.05, 0.1) is 0 Å². The molecule has 0 bridgehead atoms. The fourth-order valence-electron chi connectivity index (χ4n) is 3.56. The number of rotatable bonds is 3. The number of nitrogens with two attached hydrogens (primary N) is 1. The fourth-order valence-corrected chi connectivity index (χ4v) is 3.56. The third-order valence-corrected chi connectivity index (χ3v) is 4.35. The van der Waals surface area contributed by atoms with Gasteiger partial charge in [-0.1, -0.05) is 44.4 Å². The number of benzene rings is 1. The minimum atomic E-state index is -0.464. The van der Waals surface area contributed by atoms with Crippen molar-refractivity contribution in [2.45, 2.75) is 58.4 Å². The standard InChI is InChI=1S/C17H26FN/c1-12(2)9-14-5-4-8-17(19,11-14)15-10-13(3)6-7-16(15)18/h6-7,10,12,14H,4-5,8-9,11,19H2,1-3H3. The van der Waals surface area contributed by atoms with E-state index >= 15 is 0 Å². The lowest BCUT2D eigenvalue weighted by Crippen LogP contribution is -2.42. The van der Waals surface area contributed by atoms with Crippen LogP contribution in [0.15, 0.2) is 18.2 Å². The molecular formula is C17H26FN. The lowest BCUT2D eigenvalue weighted by Gasteiger charge is -2.39. The van der Waals surface area contributed by atoms with Crippen LogP contribution in [0.4, 0.5) is 4.39 Å². The van der Waals surface area contributed by atoms with Crippen molar-refractivity contribution >= 4 is 0 Å². The zero-order valence-corrected chi connectivity index (χ0v) is 12.4. The van der Waals surface area contributed by atoms with E-state index in [9.17, 15) is 4.39 Å². The Balaban J connectivity index is 2.23. The van der Waals surface area contributed by atoms with E-state index in [0.717, 1.165) is 30.4 Å². The maximum atomic E-state index is 14.1. The number of hydrogen-bond donors (Lipinski definition) is 1. The summed E-state index contributed by atoms with van der Waals surface area (Å²) >= 11 is 0. The van der Waals surface area contributed by atoms with E-state index in [4.69, 9.17) is 5.73 Å². The molecule has 2 unspecified atom stereocenters. The molecule has 1 aliphatic carbocycles. The van der Waals surface area contributed by atoms with E-state index in [1.54, 1.807) is 6.07 Å². The van der Waals surface area contributed by atoms with Crippen LogP contribution in [0.1, 0.15) is 57.1 Å². The first kappa shape index (κ1) is 14.5. The summed E-state index contributed by atoms with van der Waals surface area (Å²) in [5.74, 6) is 1.19. The third-order valence-electron chi connectivity index (χ3n) is 4.35. The zero-order chi connectivity index (χ0) is 14.0. The summed E-state index contributed by atoms with van der Waals surface area (Å²) < 4.78 is 14.1. The average molecular weight is 263 g/mol. The van der Waals surface area contributed by atoms with Gasteiger partial charge < -0.3 is 5.73 Å². The summed E-state index contributed by atoms with van der Waals surface area (Å²) in [6.45, 7) is 6.50. The highest BCUT2D eigenvalue weighted by Crippen LogP contribution is 2.41. The molecule has 1 aliphatic rings. The molecule has 2 atom stereocenters. The molecule has 106 valence electrons. The van der Waals surface area contributed by atoms with Gasteiger partial charge in [-0.15, -0.1) is 0 Å². The van der Waals surface area contributed by atoms with Gasteiger partial charge in [-0.25, -0.2) is 4.39 Å². The molecule has 1 fully saturated rings. The molecule has 1 nitrogen and oxygen atoms in total. The summed E-state index contributed by atoms with van der Waals surface area (Å²) in [7, 11) is 0. The SMILES string of the molecule is Cc1ccc(F)c(C2(N)CCCC(CC(C)C)C2)c1. The average Bonchev–Trinajstić information content (AvgIpc) is 2.31. The Morgan fingerprint density at radius 3 is 2.84 bits per heavy atom. The van der Waals surface area contributed by atoms with Crippen LogP contribution < -0.4 is 5.73 Å². The molecule has 0 spiro atoms. The Labute approximate surface area is 116 Å². The van der Waals surface area contributed by atoms with E-state index in [0.29, 0.717) is 11.8 Å². The van der Waals surface area contributed by atoms with Crippen LogP contribution in [0.5, 0.6) is 0 Å². The quantitative estimate of drug-likeness (QED) is 0.852. The van der Waals surface area contributed by atoms with Gasteiger partial charge >= 0.3 is 0 Å². The molecule has 1 aromatic carbocycles. The first-order chi connectivity index (χ1) is 8.90. The molecule has 0 saturated heterocycles. The van der Waals surface area contributed by atoms with Crippen LogP contribution in [-0.4, -0.2) is 0 Å². The van der Waals surface area contributed by atoms with E-state index < -0.39 is 5.54 Å². The van der Waals surface area contributed by atoms with Crippen molar-refractivity contribution in [3.05, 3.63) is 35.1 Å². The van der Waals surface area contributed by atoms with E-state index in [-0.39, 0.29) is 5.82 Å². The van der Waals surface area contributed by atoms with Crippen molar-refractivity contribution in [1.82, 2.24) is 0 Å². The van der Waals surface area contributed by atoms with Gasteiger partial charge in [0, 0.05) is 11.1 Å². The minimum Gasteiger partial charge on any atom is -0.321 e. The first-order valence-electron chi connectivity index (χ1n) is 7.46. The number of aryl methyl sites for hydroxylation is 1. The zero-order valence-electron chi connectivity index (χ0n) is 12.4. The third kappa shape index (κ3) is 3.36. The maximum absolute atomic E-state index is 14.1. The maximum Gasteiger partial charge on any atom is 0.128 e. The largest absolute Gasteiger partial charge is 0.321 e. The highest BCUT2D eigenvalue weighted by atomic mass is 19.1. The molecule has 0 aliphatic heterocycles. The first-order valence-corrected chi connectivity index (χ1v) is 7.46. The van der Waals surface area contributed by atoms with Crippen LogP contribution in [0.2, 0.25) is 0 Å². The van der Waals surface area contributed by atoms with Crippen LogP contribution in [0, 0.1) is 24.6 Å². The normalized spacial score (nSPS) is 27.8. The Morgan fingerprint density at radius 1 is 1.42 bits per heavy atom. The summed E-state index contributed by atoms with van der Waals surface area (Å²) in [6, 6.07) is 5.31. The van der Waals surface area contributed by atoms with Crippen molar-refractivity contribution in [1.29, 1.82) is 0 Å². The molecule has 0 heterocycles. The predicted molar refractivity (Wildman–Crippen MR) is 78.4 cm³/mol. The highest BCUT2D eigenvalue weighted by Gasteiger charge is 2.36. The molecule has 1 saturated carbocycles. The molecule has 0 amide bonds. The molecule has 19 heavy (non-hydrogen) atoms. The highest BCUT2D eigenvalue weighted by molar-refractivity contribution is 5.31. The molecule has 2 N–H and O–H groups in total. The Bertz CT molecular complexity index is 441. The van der Waals surface area contributed by atoms with Gasteiger partial charge in [-0.2, -0.15) is 0 Å². The van der Waals surface area contributed by atoms with Crippen LogP contribution in [0.3, 0.4) is 0 Å². The van der Waals surface area contributed by atoms with Crippen molar-refractivity contribution in [3.8, 4) is 0 Å². The monoisotopic (exact) mass is 263 g/mol. The molecule has 0 radical (unpaired) electrons.